The Kier molecular flexibility index (Phi) is 3.59. The van der Waals surface area contributed by atoms with Gasteiger partial charge in [0.1, 0.15) is 5.75 Å². The molecule has 92 valence electrons. The van der Waals surface area contributed by atoms with E-state index in [9.17, 15) is 5.26 Å². The first-order valence-corrected chi connectivity index (χ1v) is 5.91. The van der Waals surface area contributed by atoms with Gasteiger partial charge in [-0.2, -0.15) is 5.26 Å². The number of nitrogens with one attached hydrogen (secondary N) is 1. The third kappa shape index (κ3) is 2.20. The maximum atomic E-state index is 9.35. The van der Waals surface area contributed by atoms with Gasteiger partial charge in [-0.1, -0.05) is 11.6 Å². The van der Waals surface area contributed by atoms with Crippen molar-refractivity contribution < 1.29 is 4.74 Å². The summed E-state index contributed by atoms with van der Waals surface area (Å²) in [6.07, 6.45) is 3.63. The summed E-state index contributed by atoms with van der Waals surface area (Å²) in [5.74, 6) is 0.309. The van der Waals surface area contributed by atoms with Crippen LogP contribution in [0.25, 0.3) is 0 Å². The molecule has 0 saturated carbocycles. The van der Waals surface area contributed by atoms with Crippen LogP contribution >= 0.6 is 11.6 Å². The minimum atomic E-state index is -0.320. The Morgan fingerprint density at radius 3 is 2.78 bits per heavy atom. The van der Waals surface area contributed by atoms with Crippen molar-refractivity contribution in [3.8, 4) is 11.8 Å². The lowest BCUT2D eigenvalue weighted by Crippen LogP contribution is -2.00. The first kappa shape index (κ1) is 12.5. The Hall–Kier alpha value is -1.92. The number of benzene rings is 1. The summed E-state index contributed by atoms with van der Waals surface area (Å²) in [7, 11) is 1.58. The molecule has 1 heterocycles. The third-order valence-corrected chi connectivity index (χ3v) is 3.23. The van der Waals surface area contributed by atoms with Crippen LogP contribution in [0.2, 0.25) is 5.02 Å². The van der Waals surface area contributed by atoms with E-state index >= 15 is 0 Å². The van der Waals surface area contributed by atoms with Crippen LogP contribution in [0.1, 0.15) is 22.6 Å². The van der Waals surface area contributed by atoms with Crippen molar-refractivity contribution in [2.75, 3.05) is 7.11 Å². The van der Waals surface area contributed by atoms with Crippen LogP contribution in [0.3, 0.4) is 0 Å². The molecule has 4 heteroatoms. The Morgan fingerprint density at radius 2 is 2.22 bits per heavy atom. The minimum absolute atomic E-state index is 0.320. The highest BCUT2D eigenvalue weighted by molar-refractivity contribution is 6.32. The Balaban J connectivity index is 2.51. The average Bonchev–Trinajstić information content (AvgIpc) is 2.87. The van der Waals surface area contributed by atoms with Crippen molar-refractivity contribution in [2.45, 2.75) is 12.8 Å². The zero-order chi connectivity index (χ0) is 13.1. The van der Waals surface area contributed by atoms with Crippen LogP contribution in [0.5, 0.6) is 5.75 Å². The summed E-state index contributed by atoms with van der Waals surface area (Å²) < 4.78 is 5.16. The number of hydrogen-bond acceptors (Lipinski definition) is 2. The lowest BCUT2D eigenvalue weighted by Gasteiger charge is -2.14. The minimum Gasteiger partial charge on any atom is -0.495 e. The fourth-order valence-corrected chi connectivity index (χ4v) is 2.23. The predicted molar refractivity (Wildman–Crippen MR) is 71.0 cm³/mol. The van der Waals surface area contributed by atoms with Gasteiger partial charge in [-0.05, 0) is 41.8 Å². The van der Waals surface area contributed by atoms with Crippen LogP contribution in [0.4, 0.5) is 0 Å². The normalized spacial score (nSPS) is 11.9. The SMILES string of the molecule is COc1cc(C)c(C(C#N)c2cc[nH]c2)cc1Cl. The van der Waals surface area contributed by atoms with Crippen molar-refractivity contribution in [1.29, 1.82) is 5.26 Å². The summed E-state index contributed by atoms with van der Waals surface area (Å²) in [4.78, 5) is 2.96. The second-order valence-electron chi connectivity index (χ2n) is 4.05. The van der Waals surface area contributed by atoms with Crippen molar-refractivity contribution in [3.63, 3.8) is 0 Å². The van der Waals surface area contributed by atoms with Crippen molar-refractivity contribution in [2.24, 2.45) is 0 Å². The number of aromatic amines is 1. The van der Waals surface area contributed by atoms with Gasteiger partial charge in [0.2, 0.25) is 0 Å². The van der Waals surface area contributed by atoms with Gasteiger partial charge >= 0.3 is 0 Å². The first-order valence-electron chi connectivity index (χ1n) is 5.53. The van der Waals surface area contributed by atoms with E-state index < -0.39 is 0 Å². The number of ether oxygens (including phenoxy) is 1. The molecule has 1 unspecified atom stereocenters. The topological polar surface area (TPSA) is 48.8 Å². The number of hydrogen-bond donors (Lipinski definition) is 1. The maximum Gasteiger partial charge on any atom is 0.137 e. The molecule has 0 amide bonds. The third-order valence-electron chi connectivity index (χ3n) is 2.94. The van der Waals surface area contributed by atoms with E-state index in [1.54, 1.807) is 19.4 Å². The van der Waals surface area contributed by atoms with Gasteiger partial charge in [-0.3, -0.25) is 0 Å². The van der Waals surface area contributed by atoms with E-state index in [2.05, 4.69) is 11.1 Å². The molecule has 0 aliphatic heterocycles. The Labute approximate surface area is 111 Å². The molecule has 0 aliphatic rings. The average molecular weight is 261 g/mol. The van der Waals surface area contributed by atoms with Gasteiger partial charge in [-0.25, -0.2) is 0 Å². The second kappa shape index (κ2) is 5.16. The van der Waals surface area contributed by atoms with Gasteiger partial charge in [-0.15, -0.1) is 0 Å². The highest BCUT2D eigenvalue weighted by Crippen LogP contribution is 2.34. The molecule has 1 aromatic carbocycles. The molecule has 1 atom stereocenters. The fraction of sp³-hybridized carbons (Fsp3) is 0.214. The molecule has 0 radical (unpaired) electrons. The molecule has 0 bridgehead atoms. The van der Waals surface area contributed by atoms with E-state index in [0.717, 1.165) is 16.7 Å². The van der Waals surface area contributed by atoms with E-state index in [-0.39, 0.29) is 5.92 Å². The highest BCUT2D eigenvalue weighted by atomic mass is 35.5. The molecule has 0 saturated heterocycles. The smallest absolute Gasteiger partial charge is 0.137 e. The molecule has 2 rings (SSSR count). The largest absolute Gasteiger partial charge is 0.495 e. The van der Waals surface area contributed by atoms with Crippen molar-refractivity contribution in [1.82, 2.24) is 4.98 Å². The zero-order valence-corrected chi connectivity index (χ0v) is 11.0. The van der Waals surface area contributed by atoms with Gasteiger partial charge < -0.3 is 9.72 Å². The summed E-state index contributed by atoms with van der Waals surface area (Å²) in [6.45, 7) is 1.95. The van der Waals surface area contributed by atoms with E-state index in [1.165, 1.54) is 0 Å². The van der Waals surface area contributed by atoms with Gasteiger partial charge in [0.05, 0.1) is 24.1 Å². The van der Waals surface area contributed by atoms with Crippen LogP contribution in [0, 0.1) is 18.3 Å². The molecule has 0 spiro atoms. The van der Waals surface area contributed by atoms with Gasteiger partial charge in [0.25, 0.3) is 0 Å². The number of H-pyrrole nitrogens is 1. The number of rotatable bonds is 3. The molecule has 0 aliphatic carbocycles. The molecule has 18 heavy (non-hydrogen) atoms. The number of aryl methyl sites for hydroxylation is 1. The molecule has 3 nitrogen and oxygen atoms in total. The standard InChI is InChI=1S/C14H13ClN2O/c1-9-5-14(18-2)13(15)6-11(9)12(7-16)10-3-4-17-8-10/h3-6,8,12,17H,1-2H3. The van der Waals surface area contributed by atoms with Crippen molar-refractivity contribution >= 4 is 11.6 Å². The lowest BCUT2D eigenvalue weighted by atomic mass is 9.91. The van der Waals surface area contributed by atoms with E-state index in [4.69, 9.17) is 16.3 Å². The van der Waals surface area contributed by atoms with E-state index in [1.807, 2.05) is 25.3 Å². The van der Waals surface area contributed by atoms with Crippen LogP contribution in [-0.4, -0.2) is 12.1 Å². The predicted octanol–water partition coefficient (Wildman–Crippen LogP) is 3.64. The second-order valence-corrected chi connectivity index (χ2v) is 4.46. The van der Waals surface area contributed by atoms with E-state index in [0.29, 0.717) is 10.8 Å². The summed E-state index contributed by atoms with van der Waals surface area (Å²) in [6, 6.07) is 7.86. The molecular weight excluding hydrogens is 248 g/mol. The summed E-state index contributed by atoms with van der Waals surface area (Å²) in [5, 5.41) is 9.88. The van der Waals surface area contributed by atoms with Crippen molar-refractivity contribution in [3.05, 3.63) is 52.3 Å². The summed E-state index contributed by atoms with van der Waals surface area (Å²) >= 11 is 6.12. The summed E-state index contributed by atoms with van der Waals surface area (Å²) in [5.41, 5.74) is 2.83. The maximum absolute atomic E-state index is 9.35. The Bertz CT molecular complexity index is 585. The molecular formula is C14H13ClN2O. The number of halogens is 1. The Morgan fingerprint density at radius 1 is 1.44 bits per heavy atom. The molecule has 2 aromatic rings. The number of nitrogens with zero attached hydrogens (tertiary/aromatic N) is 1. The monoisotopic (exact) mass is 260 g/mol. The molecule has 1 N–H and O–H groups in total. The number of methoxy groups -OCH3 is 1. The highest BCUT2D eigenvalue weighted by Gasteiger charge is 2.18. The van der Waals surface area contributed by atoms with Crippen LogP contribution in [0.15, 0.2) is 30.6 Å². The van der Waals surface area contributed by atoms with Crippen LogP contribution < -0.4 is 4.74 Å². The van der Waals surface area contributed by atoms with Crippen LogP contribution in [-0.2, 0) is 0 Å². The molecule has 0 fully saturated rings. The first-order chi connectivity index (χ1) is 8.67. The quantitative estimate of drug-likeness (QED) is 0.916. The lowest BCUT2D eigenvalue weighted by molar-refractivity contribution is 0.414. The fourth-order valence-electron chi connectivity index (χ4n) is 1.98. The number of nitriles is 1. The zero-order valence-electron chi connectivity index (χ0n) is 10.2. The van der Waals surface area contributed by atoms with Gasteiger partial charge in [0, 0.05) is 12.4 Å². The van der Waals surface area contributed by atoms with Gasteiger partial charge in [0.15, 0.2) is 0 Å². The number of aromatic nitrogens is 1. The molecule has 1 aromatic heterocycles.